The molecule has 0 saturated heterocycles. The van der Waals surface area contributed by atoms with E-state index in [1.54, 1.807) is 0 Å². The smallest absolute Gasteiger partial charge is 0.416 e. The minimum atomic E-state index is -1.08. The maximum atomic E-state index is 12.2. The molecule has 22 heavy (non-hydrogen) atoms. The molecule has 0 saturated carbocycles. The SMILES string of the molecule is O=C(O)C1=Cn2cncc2N(C(=O)OCc2ccccc2)C1. The zero-order valence-corrected chi connectivity index (χ0v) is 11.5. The lowest BCUT2D eigenvalue weighted by Gasteiger charge is -2.25. The molecule has 112 valence electrons. The fourth-order valence-corrected chi connectivity index (χ4v) is 2.14. The van der Waals surface area contributed by atoms with Crippen molar-refractivity contribution < 1.29 is 19.4 Å². The Bertz CT molecular complexity index is 736. The first-order valence-corrected chi connectivity index (χ1v) is 6.59. The van der Waals surface area contributed by atoms with Crippen molar-refractivity contribution >= 4 is 24.1 Å². The van der Waals surface area contributed by atoms with E-state index in [0.29, 0.717) is 5.82 Å². The summed E-state index contributed by atoms with van der Waals surface area (Å²) in [5, 5.41) is 9.13. The number of anilines is 1. The fourth-order valence-electron chi connectivity index (χ4n) is 2.14. The molecule has 1 aliphatic heterocycles. The highest BCUT2D eigenvalue weighted by Gasteiger charge is 2.28. The number of hydrogen-bond donors (Lipinski definition) is 1. The van der Waals surface area contributed by atoms with E-state index < -0.39 is 12.1 Å². The first-order chi connectivity index (χ1) is 10.6. The molecule has 0 unspecified atom stereocenters. The van der Waals surface area contributed by atoms with Crippen molar-refractivity contribution in [2.24, 2.45) is 0 Å². The van der Waals surface area contributed by atoms with Crippen LogP contribution in [0.15, 0.2) is 48.4 Å². The molecule has 7 nitrogen and oxygen atoms in total. The number of ether oxygens (including phenoxy) is 1. The van der Waals surface area contributed by atoms with E-state index in [0.717, 1.165) is 5.56 Å². The summed E-state index contributed by atoms with van der Waals surface area (Å²) in [6.45, 7) is 0.0606. The lowest BCUT2D eigenvalue weighted by molar-refractivity contribution is -0.132. The predicted octanol–water partition coefficient (Wildman–Crippen LogP) is 1.97. The summed E-state index contributed by atoms with van der Waals surface area (Å²) in [4.78, 5) is 28.6. The van der Waals surface area contributed by atoms with Crippen LogP contribution in [0.2, 0.25) is 0 Å². The number of aromatic nitrogens is 2. The Hall–Kier alpha value is -3.09. The Labute approximate surface area is 126 Å². The van der Waals surface area contributed by atoms with Gasteiger partial charge in [0, 0.05) is 6.20 Å². The molecular weight excluding hydrogens is 286 g/mol. The minimum Gasteiger partial charge on any atom is -0.478 e. The number of carbonyl (C=O) groups is 2. The van der Waals surface area contributed by atoms with Crippen molar-refractivity contribution in [2.45, 2.75) is 6.61 Å². The van der Waals surface area contributed by atoms with Gasteiger partial charge in [0.15, 0.2) is 0 Å². The lowest BCUT2D eigenvalue weighted by atomic mass is 10.2. The van der Waals surface area contributed by atoms with Gasteiger partial charge in [-0.1, -0.05) is 30.3 Å². The second-order valence-corrected chi connectivity index (χ2v) is 4.74. The summed E-state index contributed by atoms with van der Waals surface area (Å²) >= 11 is 0. The summed E-state index contributed by atoms with van der Waals surface area (Å²) < 4.78 is 6.73. The maximum Gasteiger partial charge on any atom is 0.416 e. The Morgan fingerprint density at radius 1 is 1.27 bits per heavy atom. The minimum absolute atomic E-state index is 0.0609. The number of benzene rings is 1. The molecular formula is C15H13N3O4. The van der Waals surface area contributed by atoms with Crippen molar-refractivity contribution in [2.75, 3.05) is 11.4 Å². The zero-order valence-electron chi connectivity index (χ0n) is 11.5. The number of carboxylic acids is 1. The van der Waals surface area contributed by atoms with Crippen molar-refractivity contribution in [3.8, 4) is 0 Å². The summed E-state index contributed by atoms with van der Waals surface area (Å²) in [5.74, 6) is -0.608. The first kappa shape index (κ1) is 13.9. The second-order valence-electron chi connectivity index (χ2n) is 4.74. The van der Waals surface area contributed by atoms with Crippen LogP contribution >= 0.6 is 0 Å². The maximum absolute atomic E-state index is 12.2. The molecule has 1 aliphatic rings. The average Bonchev–Trinajstić information content (AvgIpc) is 3.01. The van der Waals surface area contributed by atoms with Gasteiger partial charge in [-0.15, -0.1) is 0 Å². The normalized spacial score (nSPS) is 13.3. The number of nitrogens with zero attached hydrogens (tertiary/aromatic N) is 3. The lowest BCUT2D eigenvalue weighted by Crippen LogP contribution is -2.38. The number of imidazole rings is 1. The fraction of sp³-hybridized carbons (Fsp3) is 0.133. The molecule has 0 fully saturated rings. The van der Waals surface area contributed by atoms with Gasteiger partial charge in [-0.2, -0.15) is 0 Å². The monoisotopic (exact) mass is 299 g/mol. The number of fused-ring (bicyclic) bond motifs is 1. The first-order valence-electron chi connectivity index (χ1n) is 6.59. The van der Waals surface area contributed by atoms with E-state index in [1.807, 2.05) is 30.3 Å². The van der Waals surface area contributed by atoms with Crippen molar-refractivity contribution in [1.82, 2.24) is 9.55 Å². The molecule has 1 N–H and O–H groups in total. The van der Waals surface area contributed by atoms with E-state index in [1.165, 1.54) is 28.2 Å². The molecule has 7 heteroatoms. The van der Waals surface area contributed by atoms with E-state index in [-0.39, 0.29) is 18.7 Å². The predicted molar refractivity (Wildman–Crippen MR) is 78.1 cm³/mol. The van der Waals surface area contributed by atoms with Crippen LogP contribution in [0, 0.1) is 0 Å². The molecule has 3 rings (SSSR count). The zero-order chi connectivity index (χ0) is 15.5. The van der Waals surface area contributed by atoms with Gasteiger partial charge < -0.3 is 9.84 Å². The Balaban J connectivity index is 1.75. The number of rotatable bonds is 3. The number of carbonyl (C=O) groups excluding carboxylic acids is 1. The van der Waals surface area contributed by atoms with E-state index in [2.05, 4.69) is 4.98 Å². The molecule has 0 spiro atoms. The number of amides is 1. The molecule has 1 aromatic carbocycles. The van der Waals surface area contributed by atoms with E-state index in [4.69, 9.17) is 9.84 Å². The molecule has 0 bridgehead atoms. The van der Waals surface area contributed by atoms with Gasteiger partial charge in [0.05, 0.1) is 18.3 Å². The number of carboxylic acid groups (broad SMARTS) is 1. The number of aliphatic carboxylic acids is 1. The quantitative estimate of drug-likeness (QED) is 0.936. The van der Waals surface area contributed by atoms with Gasteiger partial charge in [-0.05, 0) is 5.56 Å². The second kappa shape index (κ2) is 5.72. The summed E-state index contributed by atoms with van der Waals surface area (Å²) in [7, 11) is 0. The highest BCUT2D eigenvalue weighted by atomic mass is 16.6. The standard InChI is InChI=1S/C15H13N3O4/c19-14(20)12-7-17-10-16-6-13(17)18(8-12)15(21)22-9-11-4-2-1-3-5-11/h1-7,10H,8-9H2,(H,19,20). The van der Waals surface area contributed by atoms with Gasteiger partial charge in [-0.25, -0.2) is 14.6 Å². The third-order valence-electron chi connectivity index (χ3n) is 3.25. The van der Waals surface area contributed by atoms with Gasteiger partial charge in [0.1, 0.15) is 18.8 Å². The third-order valence-corrected chi connectivity index (χ3v) is 3.25. The Morgan fingerprint density at radius 2 is 2.05 bits per heavy atom. The molecule has 2 heterocycles. The molecule has 1 aromatic heterocycles. The van der Waals surface area contributed by atoms with Gasteiger partial charge in [0.2, 0.25) is 0 Å². The van der Waals surface area contributed by atoms with Crippen LogP contribution < -0.4 is 4.90 Å². The Kier molecular flexibility index (Phi) is 3.61. The number of hydrogen-bond acceptors (Lipinski definition) is 4. The Morgan fingerprint density at radius 3 is 2.77 bits per heavy atom. The van der Waals surface area contributed by atoms with Gasteiger partial charge >= 0.3 is 12.1 Å². The van der Waals surface area contributed by atoms with Crippen LogP contribution in [0.4, 0.5) is 10.6 Å². The molecule has 0 aliphatic carbocycles. The van der Waals surface area contributed by atoms with Crippen molar-refractivity contribution in [1.29, 1.82) is 0 Å². The summed E-state index contributed by atoms with van der Waals surface area (Å²) in [6.07, 6.45) is 3.75. The van der Waals surface area contributed by atoms with E-state index >= 15 is 0 Å². The molecule has 2 aromatic rings. The van der Waals surface area contributed by atoms with Crippen LogP contribution in [0.1, 0.15) is 5.56 Å². The van der Waals surface area contributed by atoms with Crippen LogP contribution in [0.3, 0.4) is 0 Å². The molecule has 0 atom stereocenters. The van der Waals surface area contributed by atoms with Crippen molar-refractivity contribution in [3.05, 3.63) is 54.0 Å². The van der Waals surface area contributed by atoms with E-state index in [9.17, 15) is 9.59 Å². The largest absolute Gasteiger partial charge is 0.478 e. The van der Waals surface area contributed by atoms with Crippen LogP contribution in [0.5, 0.6) is 0 Å². The van der Waals surface area contributed by atoms with Gasteiger partial charge in [0.25, 0.3) is 0 Å². The van der Waals surface area contributed by atoms with Crippen LogP contribution in [0.25, 0.3) is 6.20 Å². The highest BCUT2D eigenvalue weighted by Crippen LogP contribution is 2.23. The summed E-state index contributed by atoms with van der Waals surface area (Å²) in [5.41, 5.74) is 0.942. The summed E-state index contributed by atoms with van der Waals surface area (Å²) in [6, 6.07) is 9.26. The topological polar surface area (TPSA) is 84.7 Å². The average molecular weight is 299 g/mol. The van der Waals surface area contributed by atoms with Crippen LogP contribution in [-0.4, -0.2) is 33.3 Å². The third kappa shape index (κ3) is 2.69. The van der Waals surface area contributed by atoms with Gasteiger partial charge in [-0.3, -0.25) is 9.47 Å². The molecule has 0 radical (unpaired) electrons. The molecule has 1 amide bonds. The van der Waals surface area contributed by atoms with Crippen LogP contribution in [-0.2, 0) is 16.1 Å². The highest BCUT2D eigenvalue weighted by molar-refractivity contribution is 5.97. The van der Waals surface area contributed by atoms with Crippen molar-refractivity contribution in [3.63, 3.8) is 0 Å².